The molecule has 2 aliphatic heterocycles. The average molecular weight is 453 g/mol. The van der Waals surface area contributed by atoms with Gasteiger partial charge in [-0.15, -0.1) is 0 Å². The first-order valence-electron chi connectivity index (χ1n) is 11.1. The van der Waals surface area contributed by atoms with Crippen LogP contribution in [0.1, 0.15) is 38.3 Å². The zero-order chi connectivity index (χ0) is 23.5. The number of nitrogens with zero attached hydrogens (tertiary/aromatic N) is 2. The highest BCUT2D eigenvalue weighted by molar-refractivity contribution is 6.18. The van der Waals surface area contributed by atoms with Gasteiger partial charge in [0.25, 0.3) is 5.91 Å². The number of unbranched alkanes of at least 4 members (excludes halogenated alkanes) is 1. The van der Waals surface area contributed by atoms with Crippen LogP contribution in [-0.2, 0) is 14.4 Å². The summed E-state index contributed by atoms with van der Waals surface area (Å²) < 4.78 is 11.7. The molecule has 33 heavy (non-hydrogen) atoms. The van der Waals surface area contributed by atoms with Crippen molar-refractivity contribution in [1.29, 1.82) is 0 Å². The van der Waals surface area contributed by atoms with Gasteiger partial charge in [-0.1, -0.05) is 37.6 Å². The van der Waals surface area contributed by atoms with Crippen LogP contribution in [0.15, 0.2) is 48.5 Å². The van der Waals surface area contributed by atoms with Crippen molar-refractivity contribution in [3.05, 3.63) is 54.1 Å². The Morgan fingerprint density at radius 3 is 2.45 bits per heavy atom. The Kier molecular flexibility index (Phi) is 6.50. The van der Waals surface area contributed by atoms with Crippen LogP contribution in [0.2, 0.25) is 0 Å². The van der Waals surface area contributed by atoms with E-state index in [0.29, 0.717) is 40.9 Å². The Bertz CT molecular complexity index is 1040. The predicted molar refractivity (Wildman–Crippen MR) is 119 cm³/mol. The monoisotopic (exact) mass is 453 g/mol. The molecule has 9 nitrogen and oxygen atoms in total. The number of ether oxygens (including phenoxy) is 2. The maximum absolute atomic E-state index is 13.1. The molecular weight excluding hydrogens is 426 g/mol. The molecule has 0 spiro atoms. The fourth-order valence-electron chi connectivity index (χ4n) is 4.19. The summed E-state index contributed by atoms with van der Waals surface area (Å²) in [5.74, 6) is -1.24. The number of nitrogens with two attached hydrogens (primary N) is 1. The number of carbonyl (C=O) groups is 3. The largest absolute Gasteiger partial charge is 0.490 e. The van der Waals surface area contributed by atoms with Gasteiger partial charge in [-0.05, 0) is 43.2 Å². The van der Waals surface area contributed by atoms with Gasteiger partial charge in [0.1, 0.15) is 5.92 Å². The minimum absolute atomic E-state index is 0.427. The van der Waals surface area contributed by atoms with Crippen molar-refractivity contribution < 1.29 is 28.7 Å². The van der Waals surface area contributed by atoms with Gasteiger partial charge >= 0.3 is 6.03 Å². The fraction of sp³-hybridized carbons (Fsp3) is 0.375. The van der Waals surface area contributed by atoms with Gasteiger partial charge in [0.2, 0.25) is 5.91 Å². The second kappa shape index (κ2) is 9.50. The quantitative estimate of drug-likeness (QED) is 0.483. The van der Waals surface area contributed by atoms with E-state index in [2.05, 4.69) is 6.92 Å². The molecule has 9 heteroatoms. The molecule has 3 atom stereocenters. The number of likely N-dealkylation sites (tertiary alicyclic amines) is 1. The molecular formula is C24H27N3O6. The van der Waals surface area contributed by atoms with E-state index in [1.165, 1.54) is 0 Å². The van der Waals surface area contributed by atoms with Crippen molar-refractivity contribution in [2.45, 2.75) is 38.8 Å². The second-order valence-corrected chi connectivity index (χ2v) is 7.85. The summed E-state index contributed by atoms with van der Waals surface area (Å²) in [6.07, 6.45) is 0.768. The lowest BCUT2D eigenvalue weighted by Gasteiger charge is -2.28. The Labute approximate surface area is 191 Å². The van der Waals surface area contributed by atoms with E-state index < -0.39 is 35.9 Å². The summed E-state index contributed by atoms with van der Waals surface area (Å²) in [7, 11) is 0. The average Bonchev–Trinajstić information content (AvgIpc) is 3.31. The zero-order valence-electron chi connectivity index (χ0n) is 18.6. The first-order valence-corrected chi connectivity index (χ1v) is 11.1. The Balaban J connectivity index is 1.76. The number of hydrogen-bond donors (Lipinski definition) is 1. The van der Waals surface area contributed by atoms with E-state index in [1.54, 1.807) is 17.2 Å². The summed E-state index contributed by atoms with van der Waals surface area (Å²) in [6.45, 7) is 4.94. The molecule has 0 bridgehead atoms. The van der Waals surface area contributed by atoms with Crippen molar-refractivity contribution in [1.82, 2.24) is 4.90 Å². The lowest BCUT2D eigenvalue weighted by Crippen LogP contribution is -2.44. The molecule has 4 amide bonds. The normalized spacial score (nSPS) is 21.9. The Morgan fingerprint density at radius 2 is 1.79 bits per heavy atom. The van der Waals surface area contributed by atoms with Crippen molar-refractivity contribution in [2.24, 2.45) is 11.7 Å². The Morgan fingerprint density at radius 1 is 1.03 bits per heavy atom. The molecule has 0 aromatic heterocycles. The van der Waals surface area contributed by atoms with Gasteiger partial charge in [0.05, 0.1) is 24.9 Å². The minimum Gasteiger partial charge on any atom is -0.490 e. The number of imide groups is 3. The molecule has 2 aromatic carbocycles. The van der Waals surface area contributed by atoms with E-state index in [-0.39, 0.29) is 0 Å². The summed E-state index contributed by atoms with van der Waals surface area (Å²) in [6, 6.07) is 12.8. The third kappa shape index (κ3) is 4.11. The first kappa shape index (κ1) is 22.6. The number of rotatable bonds is 8. The van der Waals surface area contributed by atoms with Crippen LogP contribution in [0.25, 0.3) is 0 Å². The van der Waals surface area contributed by atoms with Crippen LogP contribution < -0.4 is 20.3 Å². The maximum Gasteiger partial charge on any atom is 0.328 e. The van der Waals surface area contributed by atoms with E-state index in [4.69, 9.17) is 20.0 Å². The van der Waals surface area contributed by atoms with Crippen molar-refractivity contribution in [2.75, 3.05) is 18.3 Å². The smallest absolute Gasteiger partial charge is 0.328 e. The number of urea groups is 1. The molecule has 2 fully saturated rings. The van der Waals surface area contributed by atoms with Crippen LogP contribution in [0.3, 0.4) is 0 Å². The lowest BCUT2D eigenvalue weighted by molar-refractivity contribution is -0.139. The number of carbonyl (C=O) groups excluding carboxylic acids is 3. The van der Waals surface area contributed by atoms with Crippen molar-refractivity contribution in [3.8, 4) is 11.5 Å². The number of benzene rings is 2. The summed E-state index contributed by atoms with van der Waals surface area (Å²) in [5, 5.41) is 1.55. The number of hydrogen-bond acceptors (Lipinski definition) is 7. The topological polar surface area (TPSA) is 111 Å². The molecule has 2 aliphatic rings. The second-order valence-electron chi connectivity index (χ2n) is 7.85. The highest BCUT2D eigenvalue weighted by atomic mass is 16.7. The third-order valence-electron chi connectivity index (χ3n) is 5.71. The van der Waals surface area contributed by atoms with Gasteiger partial charge in [0, 0.05) is 0 Å². The molecule has 2 N–H and O–H groups in total. The number of primary amides is 1. The number of amides is 4. The van der Waals surface area contributed by atoms with Crippen LogP contribution >= 0.6 is 0 Å². The summed E-state index contributed by atoms with van der Waals surface area (Å²) in [4.78, 5) is 44.0. The molecule has 2 saturated heterocycles. The minimum atomic E-state index is -1.15. The maximum atomic E-state index is 13.1. The molecule has 0 saturated carbocycles. The van der Waals surface area contributed by atoms with E-state index >= 15 is 0 Å². The van der Waals surface area contributed by atoms with Crippen LogP contribution in [-0.4, -0.2) is 42.1 Å². The highest BCUT2D eigenvalue weighted by Crippen LogP contribution is 2.47. The summed E-state index contributed by atoms with van der Waals surface area (Å²) in [5.41, 5.74) is 6.65. The van der Waals surface area contributed by atoms with Crippen LogP contribution in [0.4, 0.5) is 10.5 Å². The number of hydroxylamine groups is 1. The zero-order valence-corrected chi connectivity index (χ0v) is 18.6. The van der Waals surface area contributed by atoms with Gasteiger partial charge in [-0.2, -0.15) is 4.90 Å². The molecule has 2 heterocycles. The highest BCUT2D eigenvalue weighted by Gasteiger charge is 2.61. The van der Waals surface area contributed by atoms with Crippen LogP contribution in [0.5, 0.6) is 11.5 Å². The SMILES string of the molecule is CCCCOc1ccc([C@@H]2[C@H]3C(=O)N(C(N)=O)C(=O)[C@@H]3ON2c2ccccc2)cc1OCC. The van der Waals surface area contributed by atoms with Gasteiger partial charge < -0.3 is 15.2 Å². The van der Waals surface area contributed by atoms with Gasteiger partial charge in [-0.3, -0.25) is 14.4 Å². The number of anilines is 1. The fourth-order valence-corrected chi connectivity index (χ4v) is 4.19. The standard InChI is InChI=1S/C24H27N3O6/c1-3-5-13-32-17-12-11-15(14-18(17)31-4-2)20-19-21(23(29)26(22(19)28)24(25)30)33-27(20)16-9-7-6-8-10-16/h6-12,14,19-21H,3-5,13H2,1-2H3,(H2,25,30)/t19-,20-,21-/m1/s1. The van der Waals surface area contributed by atoms with Gasteiger partial charge in [0.15, 0.2) is 17.6 Å². The summed E-state index contributed by atoms with van der Waals surface area (Å²) >= 11 is 0. The third-order valence-corrected chi connectivity index (χ3v) is 5.71. The van der Waals surface area contributed by atoms with E-state index in [0.717, 1.165) is 12.8 Å². The molecule has 174 valence electrons. The Hall–Kier alpha value is -3.59. The lowest BCUT2D eigenvalue weighted by atomic mass is 9.90. The predicted octanol–water partition coefficient (Wildman–Crippen LogP) is 3.19. The number of para-hydroxylation sites is 1. The van der Waals surface area contributed by atoms with E-state index in [9.17, 15) is 14.4 Å². The van der Waals surface area contributed by atoms with E-state index in [1.807, 2.05) is 43.3 Å². The molecule has 2 aromatic rings. The van der Waals surface area contributed by atoms with Crippen LogP contribution in [0, 0.1) is 5.92 Å². The van der Waals surface area contributed by atoms with Crippen molar-refractivity contribution in [3.63, 3.8) is 0 Å². The number of fused-ring (bicyclic) bond motifs is 1. The molecule has 0 unspecified atom stereocenters. The molecule has 4 rings (SSSR count). The molecule has 0 aliphatic carbocycles. The first-order chi connectivity index (χ1) is 16.0. The van der Waals surface area contributed by atoms with Gasteiger partial charge in [-0.25, -0.2) is 9.86 Å². The van der Waals surface area contributed by atoms with Crippen molar-refractivity contribution >= 4 is 23.5 Å². The molecule has 0 radical (unpaired) electrons.